The van der Waals surface area contributed by atoms with Crippen LogP contribution in [0.1, 0.15) is 59.8 Å². The number of carboxylic acid groups (broad SMARTS) is 2. The Labute approximate surface area is 255 Å². The lowest BCUT2D eigenvalue weighted by Crippen LogP contribution is -2.61. The summed E-state index contributed by atoms with van der Waals surface area (Å²) in [5.74, 6) is -7.57. The maximum Gasteiger partial charge on any atom is 0.328 e. The van der Waals surface area contributed by atoms with Crippen LogP contribution in [0.15, 0.2) is 0 Å². The van der Waals surface area contributed by atoms with Gasteiger partial charge in [-0.1, -0.05) is 13.8 Å². The molecule has 0 fully saturated rings. The summed E-state index contributed by atoms with van der Waals surface area (Å²) in [5.41, 5.74) is 11.3. The van der Waals surface area contributed by atoms with Crippen LogP contribution in [-0.2, 0) is 33.6 Å². The first-order valence-corrected chi connectivity index (χ1v) is 14.2. The van der Waals surface area contributed by atoms with Gasteiger partial charge in [0, 0.05) is 6.42 Å². The van der Waals surface area contributed by atoms with E-state index in [2.05, 4.69) is 21.3 Å². The molecule has 13 N–H and O–H groups in total. The first-order valence-electron chi connectivity index (χ1n) is 14.2. The molecule has 0 radical (unpaired) electrons. The Kier molecular flexibility index (Phi) is 18.4. The first-order chi connectivity index (χ1) is 20.5. The van der Waals surface area contributed by atoms with E-state index in [0.29, 0.717) is 12.8 Å². The molecule has 0 aromatic carbocycles. The number of amides is 5. The average molecular weight is 634 g/mol. The van der Waals surface area contributed by atoms with Crippen molar-refractivity contribution in [2.75, 3.05) is 13.2 Å². The zero-order chi connectivity index (χ0) is 34.1. The summed E-state index contributed by atoms with van der Waals surface area (Å²) in [6, 6.07) is -8.29. The summed E-state index contributed by atoms with van der Waals surface area (Å²) in [5, 5.41) is 48.9. The van der Waals surface area contributed by atoms with Crippen molar-refractivity contribution in [3.63, 3.8) is 0 Å². The van der Waals surface area contributed by atoms with Crippen LogP contribution in [-0.4, -0.2) is 117 Å². The zero-order valence-electron chi connectivity index (χ0n) is 25.4. The van der Waals surface area contributed by atoms with Gasteiger partial charge in [0.15, 0.2) is 0 Å². The molecule has 0 aromatic heterocycles. The Bertz CT molecular complexity index is 1010. The van der Waals surface area contributed by atoms with Gasteiger partial charge in [0.1, 0.15) is 30.2 Å². The van der Waals surface area contributed by atoms with E-state index in [-0.39, 0.29) is 18.9 Å². The molecule has 0 bridgehead atoms. The second-order valence-corrected chi connectivity index (χ2v) is 10.6. The van der Waals surface area contributed by atoms with E-state index in [4.69, 9.17) is 26.8 Å². The quantitative estimate of drug-likeness (QED) is 0.0536. The Morgan fingerprint density at radius 1 is 0.682 bits per heavy atom. The molecule has 5 amide bonds. The fourth-order valence-corrected chi connectivity index (χ4v) is 3.65. The summed E-state index contributed by atoms with van der Waals surface area (Å²) in [7, 11) is 0. The number of carbonyl (C=O) groups is 7. The highest BCUT2D eigenvalue weighted by atomic mass is 16.4. The summed E-state index contributed by atoms with van der Waals surface area (Å²) >= 11 is 0. The van der Waals surface area contributed by atoms with E-state index in [1.807, 2.05) is 5.32 Å². The van der Waals surface area contributed by atoms with Gasteiger partial charge in [-0.05, 0) is 52.0 Å². The third kappa shape index (κ3) is 14.5. The molecule has 0 aliphatic carbocycles. The maximum absolute atomic E-state index is 13.3. The van der Waals surface area contributed by atoms with Crippen molar-refractivity contribution in [3.8, 4) is 0 Å². The van der Waals surface area contributed by atoms with Gasteiger partial charge < -0.3 is 58.5 Å². The van der Waals surface area contributed by atoms with Crippen LogP contribution >= 0.6 is 0 Å². The number of unbranched alkanes of at least 4 members (excludes halogenated alkanes) is 1. The predicted octanol–water partition coefficient (Wildman–Crippen LogP) is -4.13. The highest BCUT2D eigenvalue weighted by molar-refractivity contribution is 5.96. The minimum atomic E-state index is -1.75. The van der Waals surface area contributed by atoms with E-state index in [1.165, 1.54) is 6.92 Å². The van der Waals surface area contributed by atoms with Crippen LogP contribution in [0, 0.1) is 5.92 Å². The predicted molar refractivity (Wildman–Crippen MR) is 154 cm³/mol. The van der Waals surface area contributed by atoms with Gasteiger partial charge in [-0.25, -0.2) is 4.79 Å². The van der Waals surface area contributed by atoms with Crippen LogP contribution in [0.4, 0.5) is 0 Å². The molecule has 18 heteroatoms. The third-order valence-corrected chi connectivity index (χ3v) is 6.49. The third-order valence-electron chi connectivity index (χ3n) is 6.49. The minimum absolute atomic E-state index is 0.0602. The van der Waals surface area contributed by atoms with Crippen molar-refractivity contribution in [2.45, 2.75) is 102 Å². The fraction of sp³-hybridized carbons (Fsp3) is 0.731. The van der Waals surface area contributed by atoms with Crippen molar-refractivity contribution >= 4 is 41.5 Å². The number of nitrogens with one attached hydrogen (secondary N) is 5. The second-order valence-electron chi connectivity index (χ2n) is 10.6. The lowest BCUT2D eigenvalue weighted by atomic mass is 10.0. The normalized spacial score (nSPS) is 15.8. The molecule has 252 valence electrons. The van der Waals surface area contributed by atoms with Crippen LogP contribution in [0.5, 0.6) is 0 Å². The topological polar surface area (TPSA) is 313 Å². The lowest BCUT2D eigenvalue weighted by Gasteiger charge is -2.27. The molecule has 18 nitrogen and oxygen atoms in total. The van der Waals surface area contributed by atoms with Gasteiger partial charge >= 0.3 is 11.9 Å². The van der Waals surface area contributed by atoms with Gasteiger partial charge in [0.25, 0.3) is 0 Å². The molecule has 0 saturated heterocycles. The molecule has 0 saturated carbocycles. The van der Waals surface area contributed by atoms with Gasteiger partial charge in [-0.15, -0.1) is 0 Å². The number of aliphatic carboxylic acids is 2. The number of hydrogen-bond acceptors (Lipinski definition) is 11. The van der Waals surface area contributed by atoms with Crippen molar-refractivity contribution in [1.29, 1.82) is 0 Å². The van der Waals surface area contributed by atoms with Crippen LogP contribution < -0.4 is 38.1 Å². The number of rotatable bonds is 21. The fourth-order valence-electron chi connectivity index (χ4n) is 3.65. The molecule has 0 unspecified atom stereocenters. The molecule has 0 heterocycles. The SMILES string of the molecule is CC(C)[C@H](N)C(=O)N[C@@H](C)C(=O)N[C@@H](CCCCN)C(=O)N[C@@H](CCC(=O)O)C(=O)N[C@H](C(=O)N[C@@H](CO)C(=O)O)[C@@H](C)O. The standard InChI is InChI=1S/C26H47N7O11/c1-12(2)19(28)24(41)29-13(3)21(38)30-15(7-5-6-10-27)22(39)31-16(8-9-18(36)37)23(40)33-20(14(4)35)25(42)32-17(11-34)26(43)44/h12-17,19-20,34-35H,5-11,27-28H2,1-4H3,(H,29,41)(H,30,38)(H,31,39)(H,32,42)(H,33,40)(H,36,37)(H,43,44)/t13-,14+,15-,16-,17-,19-,20-/m0/s1. The smallest absolute Gasteiger partial charge is 0.328 e. The van der Waals surface area contributed by atoms with Crippen molar-refractivity contribution in [2.24, 2.45) is 17.4 Å². The number of nitrogens with two attached hydrogens (primary N) is 2. The van der Waals surface area contributed by atoms with Crippen molar-refractivity contribution in [1.82, 2.24) is 26.6 Å². The van der Waals surface area contributed by atoms with Gasteiger partial charge in [-0.2, -0.15) is 0 Å². The molecule has 0 aliphatic heterocycles. The largest absolute Gasteiger partial charge is 0.481 e. The Morgan fingerprint density at radius 3 is 1.68 bits per heavy atom. The number of aliphatic hydroxyl groups excluding tert-OH is 2. The Morgan fingerprint density at radius 2 is 1.20 bits per heavy atom. The molecular weight excluding hydrogens is 586 g/mol. The van der Waals surface area contributed by atoms with Gasteiger partial charge in [-0.3, -0.25) is 28.8 Å². The second kappa shape index (κ2) is 20.2. The summed E-state index contributed by atoms with van der Waals surface area (Å²) in [4.78, 5) is 86.5. The van der Waals surface area contributed by atoms with Gasteiger partial charge in [0.05, 0.1) is 18.8 Å². The number of carbonyl (C=O) groups excluding carboxylic acids is 5. The van der Waals surface area contributed by atoms with Crippen molar-refractivity contribution < 1.29 is 54.0 Å². The minimum Gasteiger partial charge on any atom is -0.481 e. The monoisotopic (exact) mass is 633 g/mol. The van der Waals surface area contributed by atoms with Crippen LogP contribution in [0.25, 0.3) is 0 Å². The number of carboxylic acids is 2. The Balaban J connectivity index is 5.89. The zero-order valence-corrected chi connectivity index (χ0v) is 25.4. The van der Waals surface area contributed by atoms with Crippen molar-refractivity contribution in [3.05, 3.63) is 0 Å². The van der Waals surface area contributed by atoms with Gasteiger partial charge in [0.2, 0.25) is 29.5 Å². The molecule has 0 aromatic rings. The molecule has 0 spiro atoms. The lowest BCUT2D eigenvalue weighted by molar-refractivity contribution is -0.144. The highest BCUT2D eigenvalue weighted by Crippen LogP contribution is 2.07. The number of aliphatic hydroxyl groups is 2. The highest BCUT2D eigenvalue weighted by Gasteiger charge is 2.34. The average Bonchev–Trinajstić information content (AvgIpc) is 2.94. The van der Waals surface area contributed by atoms with E-state index in [1.54, 1.807) is 13.8 Å². The first kappa shape index (κ1) is 40.1. The summed E-state index contributed by atoms with van der Waals surface area (Å²) in [6.45, 7) is 5.24. The summed E-state index contributed by atoms with van der Waals surface area (Å²) in [6.07, 6.45) is -1.72. The summed E-state index contributed by atoms with van der Waals surface area (Å²) < 4.78 is 0. The molecule has 7 atom stereocenters. The molecule has 44 heavy (non-hydrogen) atoms. The molecular formula is C26H47N7O11. The Hall–Kier alpha value is -3.87. The molecule has 0 aliphatic rings. The van der Waals surface area contributed by atoms with E-state index in [0.717, 1.165) is 6.92 Å². The van der Waals surface area contributed by atoms with Crippen LogP contribution in [0.3, 0.4) is 0 Å². The maximum atomic E-state index is 13.3. The molecule has 0 rings (SSSR count). The van der Waals surface area contributed by atoms with E-state index >= 15 is 0 Å². The van der Waals surface area contributed by atoms with Crippen LogP contribution in [0.2, 0.25) is 0 Å². The van der Waals surface area contributed by atoms with E-state index in [9.17, 15) is 38.7 Å². The number of hydrogen-bond donors (Lipinski definition) is 11. The van der Waals surface area contributed by atoms with E-state index < -0.39 is 103 Å².